The Bertz CT molecular complexity index is 1020. The normalized spacial score (nSPS) is 14.6. The molecule has 0 fully saturated rings. The number of halogens is 3. The zero-order chi connectivity index (χ0) is 20.3. The van der Waals surface area contributed by atoms with Crippen molar-refractivity contribution in [2.45, 2.75) is 0 Å². The Morgan fingerprint density at radius 3 is 2.71 bits per heavy atom. The number of carbonyl (C=O) groups excluding carboxylic acids is 1. The molecule has 28 heavy (non-hydrogen) atoms. The molecule has 0 N–H and O–H groups in total. The molecule has 1 aliphatic heterocycles. The highest BCUT2D eigenvalue weighted by atomic mass is 127. The third kappa shape index (κ3) is 4.77. The van der Waals surface area contributed by atoms with Gasteiger partial charge in [-0.2, -0.15) is 0 Å². The van der Waals surface area contributed by atoms with Gasteiger partial charge in [-0.3, -0.25) is 0 Å². The third-order valence-corrected chi connectivity index (χ3v) is 6.83. The Morgan fingerprint density at radius 2 is 2.04 bits per heavy atom. The highest BCUT2D eigenvalue weighted by Gasteiger charge is 2.25. The molecule has 0 saturated carbocycles. The van der Waals surface area contributed by atoms with Crippen molar-refractivity contribution in [3.05, 3.63) is 71.4 Å². The van der Waals surface area contributed by atoms with Crippen molar-refractivity contribution >= 4 is 79.1 Å². The number of nitrogens with zero attached hydrogens (tertiary/aromatic N) is 1. The summed E-state index contributed by atoms with van der Waals surface area (Å²) in [6, 6.07) is 9.33. The molecule has 1 aliphatic rings. The highest BCUT2D eigenvalue weighted by molar-refractivity contribution is 14.1. The lowest BCUT2D eigenvalue weighted by atomic mass is 10.1. The molecule has 0 aliphatic carbocycles. The van der Waals surface area contributed by atoms with Gasteiger partial charge in [0.1, 0.15) is 6.61 Å². The average molecular weight is 666 g/mol. The molecular formula is C20H14BrI2NO4. The second-order valence-corrected chi connectivity index (χ2v) is 8.78. The number of ether oxygens (including phenoxy) is 3. The summed E-state index contributed by atoms with van der Waals surface area (Å²) in [6.45, 7) is 4.02. The van der Waals surface area contributed by atoms with E-state index in [0.29, 0.717) is 18.1 Å². The number of methoxy groups -OCH3 is 1. The molecule has 144 valence electrons. The van der Waals surface area contributed by atoms with Crippen molar-refractivity contribution < 1.29 is 19.0 Å². The monoisotopic (exact) mass is 665 g/mol. The summed E-state index contributed by atoms with van der Waals surface area (Å²) in [5, 5.41) is 0. The number of cyclic esters (lactones) is 1. The Kier molecular flexibility index (Phi) is 7.15. The molecule has 0 spiro atoms. The van der Waals surface area contributed by atoms with Crippen LogP contribution in [0.25, 0.3) is 6.08 Å². The second-order valence-electron chi connectivity index (χ2n) is 5.60. The van der Waals surface area contributed by atoms with E-state index in [9.17, 15) is 4.79 Å². The van der Waals surface area contributed by atoms with E-state index in [4.69, 9.17) is 14.2 Å². The van der Waals surface area contributed by atoms with Gasteiger partial charge in [0.2, 0.25) is 5.90 Å². The van der Waals surface area contributed by atoms with Crippen molar-refractivity contribution in [2.24, 2.45) is 4.99 Å². The molecule has 2 aromatic rings. The quantitative estimate of drug-likeness (QED) is 0.175. The van der Waals surface area contributed by atoms with E-state index in [1.54, 1.807) is 25.3 Å². The zero-order valence-electron chi connectivity index (χ0n) is 14.7. The van der Waals surface area contributed by atoms with Gasteiger partial charge in [-0.05, 0) is 103 Å². The van der Waals surface area contributed by atoms with Crippen LogP contribution in [0.15, 0.2) is 58.1 Å². The van der Waals surface area contributed by atoms with Gasteiger partial charge >= 0.3 is 5.97 Å². The first-order valence-electron chi connectivity index (χ1n) is 8.02. The molecule has 0 unspecified atom stereocenters. The van der Waals surface area contributed by atoms with Crippen LogP contribution in [0.2, 0.25) is 0 Å². The van der Waals surface area contributed by atoms with E-state index in [1.165, 1.54) is 0 Å². The first kappa shape index (κ1) is 21.3. The van der Waals surface area contributed by atoms with Gasteiger partial charge < -0.3 is 14.2 Å². The summed E-state index contributed by atoms with van der Waals surface area (Å²) in [7, 11) is 1.57. The lowest BCUT2D eigenvalue weighted by Crippen LogP contribution is -2.05. The largest absolute Gasteiger partial charge is 0.493 e. The fraction of sp³-hybridized carbons (Fsp3) is 0.100. The minimum absolute atomic E-state index is 0.224. The second kappa shape index (κ2) is 9.40. The predicted molar refractivity (Wildman–Crippen MR) is 129 cm³/mol. The molecule has 0 saturated heterocycles. The van der Waals surface area contributed by atoms with E-state index in [2.05, 4.69) is 72.7 Å². The van der Waals surface area contributed by atoms with Crippen molar-refractivity contribution in [2.75, 3.05) is 13.7 Å². The van der Waals surface area contributed by atoms with Crippen molar-refractivity contribution in [3.8, 4) is 11.5 Å². The van der Waals surface area contributed by atoms with E-state index >= 15 is 0 Å². The predicted octanol–water partition coefficient (Wildman–Crippen LogP) is 5.58. The van der Waals surface area contributed by atoms with Crippen LogP contribution in [0, 0.1) is 7.14 Å². The summed E-state index contributed by atoms with van der Waals surface area (Å²) in [4.78, 5) is 16.6. The summed E-state index contributed by atoms with van der Waals surface area (Å²) in [5.41, 5.74) is 1.71. The lowest BCUT2D eigenvalue weighted by Gasteiger charge is -2.12. The maximum Gasteiger partial charge on any atom is 0.363 e. The van der Waals surface area contributed by atoms with E-state index in [-0.39, 0.29) is 11.6 Å². The van der Waals surface area contributed by atoms with Crippen molar-refractivity contribution in [3.63, 3.8) is 0 Å². The Labute approximate surface area is 198 Å². The van der Waals surface area contributed by atoms with E-state index in [0.717, 1.165) is 22.7 Å². The fourth-order valence-electron chi connectivity index (χ4n) is 2.43. The Balaban J connectivity index is 1.95. The van der Waals surface area contributed by atoms with Crippen LogP contribution in [0.3, 0.4) is 0 Å². The number of hydrogen-bond acceptors (Lipinski definition) is 5. The third-order valence-electron chi connectivity index (χ3n) is 3.69. The molecule has 0 aromatic heterocycles. The number of carbonyl (C=O) groups is 1. The molecule has 2 aromatic carbocycles. The molecule has 3 rings (SSSR count). The van der Waals surface area contributed by atoms with Gasteiger partial charge in [0.25, 0.3) is 0 Å². The van der Waals surface area contributed by atoms with Gasteiger partial charge in [0, 0.05) is 13.6 Å². The van der Waals surface area contributed by atoms with Crippen LogP contribution in [0.4, 0.5) is 0 Å². The summed E-state index contributed by atoms with van der Waals surface area (Å²) in [6.07, 6.45) is 3.33. The van der Waals surface area contributed by atoms with Crippen LogP contribution < -0.4 is 9.47 Å². The van der Waals surface area contributed by atoms with Gasteiger partial charge in [-0.15, -0.1) is 0 Å². The average Bonchev–Trinajstić information content (AvgIpc) is 3.03. The highest BCUT2D eigenvalue weighted by Crippen LogP contribution is 2.35. The van der Waals surface area contributed by atoms with Gasteiger partial charge in [-0.25, -0.2) is 9.79 Å². The van der Waals surface area contributed by atoms with Gasteiger partial charge in [0.05, 0.1) is 10.7 Å². The number of esters is 1. The molecule has 1 heterocycles. The molecular weight excluding hydrogens is 652 g/mol. The summed E-state index contributed by atoms with van der Waals surface area (Å²) >= 11 is 7.85. The zero-order valence-corrected chi connectivity index (χ0v) is 20.6. The van der Waals surface area contributed by atoms with Crippen molar-refractivity contribution in [1.29, 1.82) is 0 Å². The maximum atomic E-state index is 12.3. The Morgan fingerprint density at radius 1 is 1.25 bits per heavy atom. The molecule has 0 radical (unpaired) electrons. The molecule has 8 heteroatoms. The van der Waals surface area contributed by atoms with Crippen LogP contribution in [-0.2, 0) is 9.53 Å². The van der Waals surface area contributed by atoms with E-state index in [1.807, 2.05) is 24.3 Å². The maximum absolute atomic E-state index is 12.3. The van der Waals surface area contributed by atoms with E-state index < -0.39 is 5.97 Å². The van der Waals surface area contributed by atoms with Crippen LogP contribution in [0.1, 0.15) is 11.1 Å². The van der Waals surface area contributed by atoms with Crippen LogP contribution in [0.5, 0.6) is 11.5 Å². The Hall–Kier alpha value is -1.40. The first-order valence-corrected chi connectivity index (χ1v) is 11.0. The number of aliphatic imine (C=N–C) groups is 1. The van der Waals surface area contributed by atoms with Gasteiger partial charge in [-0.1, -0.05) is 12.7 Å². The molecule has 0 bridgehead atoms. The standard InChI is InChI=1S/C20H14BrI2NO4/c1-3-6-27-18-15(23)7-11(9-17(18)26-2)8-16-20(25)28-19(24-16)12-4-5-14(22)13(21)10-12/h3-5,7-10H,1,6H2,2H3/b16-8-. The van der Waals surface area contributed by atoms with Crippen molar-refractivity contribution in [1.82, 2.24) is 0 Å². The molecule has 5 nitrogen and oxygen atoms in total. The minimum atomic E-state index is -0.495. The lowest BCUT2D eigenvalue weighted by molar-refractivity contribution is -0.129. The SMILES string of the molecule is C=CCOc1c(I)cc(/C=C2\N=C(c3ccc(I)c(Br)c3)OC2=O)cc1OC. The topological polar surface area (TPSA) is 57.1 Å². The first-order chi connectivity index (χ1) is 13.4. The molecule has 0 atom stereocenters. The number of rotatable bonds is 6. The van der Waals surface area contributed by atoms with Gasteiger partial charge in [0.15, 0.2) is 17.2 Å². The fourth-order valence-corrected chi connectivity index (χ4v) is 3.92. The minimum Gasteiger partial charge on any atom is -0.493 e. The smallest absolute Gasteiger partial charge is 0.363 e. The number of hydrogen-bond donors (Lipinski definition) is 0. The summed E-state index contributed by atoms with van der Waals surface area (Å²) < 4.78 is 19.2. The summed E-state index contributed by atoms with van der Waals surface area (Å²) in [5.74, 6) is 0.983. The van der Waals surface area contributed by atoms with Crippen LogP contribution in [-0.4, -0.2) is 25.6 Å². The molecule has 0 amide bonds. The number of benzene rings is 2. The van der Waals surface area contributed by atoms with Crippen LogP contribution >= 0.6 is 61.1 Å².